The molecule has 0 bridgehead atoms. The Morgan fingerprint density at radius 3 is 2.83 bits per heavy atom. The zero-order chi connectivity index (χ0) is 12.6. The highest BCUT2D eigenvalue weighted by atomic mass is 127. The van der Waals surface area contributed by atoms with Gasteiger partial charge in [-0.1, -0.05) is 0 Å². The van der Waals surface area contributed by atoms with E-state index in [2.05, 4.69) is 28.5 Å². The minimum absolute atomic E-state index is 0. The molecule has 0 radical (unpaired) electrons. The molecule has 1 heterocycles. The quantitative estimate of drug-likeness (QED) is 0.257. The zero-order valence-electron chi connectivity index (χ0n) is 11.3. The summed E-state index contributed by atoms with van der Waals surface area (Å²) >= 11 is 0. The summed E-state index contributed by atoms with van der Waals surface area (Å²) in [6.07, 6.45) is 8.14. The van der Waals surface area contributed by atoms with Crippen LogP contribution in [0.25, 0.3) is 0 Å². The van der Waals surface area contributed by atoms with Crippen LogP contribution in [0.2, 0.25) is 0 Å². The van der Waals surface area contributed by atoms with Crippen LogP contribution in [0.1, 0.15) is 33.1 Å². The highest BCUT2D eigenvalue weighted by Crippen LogP contribution is 2.24. The van der Waals surface area contributed by atoms with Crippen molar-refractivity contribution in [3.8, 4) is 12.3 Å². The monoisotopic (exact) mass is 365 g/mol. The molecular weight excluding hydrogens is 341 g/mol. The number of guanidine groups is 1. The van der Waals surface area contributed by atoms with Crippen molar-refractivity contribution in [2.45, 2.75) is 38.7 Å². The molecule has 0 aromatic rings. The lowest BCUT2D eigenvalue weighted by Gasteiger charge is -2.21. The maximum atomic E-state index is 5.70. The van der Waals surface area contributed by atoms with Gasteiger partial charge in [-0.15, -0.1) is 36.3 Å². The highest BCUT2D eigenvalue weighted by molar-refractivity contribution is 14.0. The highest BCUT2D eigenvalue weighted by Gasteiger charge is 2.29. The molecule has 4 nitrogen and oxygen atoms in total. The first-order valence-corrected chi connectivity index (χ1v) is 6.30. The first kappa shape index (κ1) is 17.5. The second-order valence-corrected chi connectivity index (χ2v) is 4.48. The van der Waals surface area contributed by atoms with Gasteiger partial charge in [0.2, 0.25) is 0 Å². The topological polar surface area (TPSA) is 45.7 Å². The third-order valence-corrected chi connectivity index (χ3v) is 2.78. The van der Waals surface area contributed by atoms with Gasteiger partial charge in [0.15, 0.2) is 5.96 Å². The van der Waals surface area contributed by atoms with Gasteiger partial charge in [0.05, 0.1) is 12.1 Å². The maximum absolute atomic E-state index is 5.70. The predicted molar refractivity (Wildman–Crippen MR) is 86.4 cm³/mol. The Labute approximate surface area is 127 Å². The zero-order valence-corrected chi connectivity index (χ0v) is 13.6. The fourth-order valence-corrected chi connectivity index (χ4v) is 1.80. The van der Waals surface area contributed by atoms with E-state index in [1.165, 1.54) is 0 Å². The summed E-state index contributed by atoms with van der Waals surface area (Å²) in [6, 6.07) is 0. The molecule has 5 heteroatoms. The van der Waals surface area contributed by atoms with Crippen LogP contribution in [0.3, 0.4) is 0 Å². The standard InChI is InChI=1S/C13H23N3O.HI/c1-4-6-9-15-12(14-5-2)16-11-13(3)8-7-10-17-13;/h1H,5-11H2,2-3H3,(H2,14,15,16);1H. The van der Waals surface area contributed by atoms with E-state index in [9.17, 15) is 0 Å². The maximum Gasteiger partial charge on any atom is 0.191 e. The van der Waals surface area contributed by atoms with Crippen molar-refractivity contribution in [1.29, 1.82) is 0 Å². The van der Waals surface area contributed by atoms with Crippen LogP contribution < -0.4 is 10.6 Å². The summed E-state index contributed by atoms with van der Waals surface area (Å²) in [5.41, 5.74) is -0.0888. The Bertz CT molecular complexity index is 293. The van der Waals surface area contributed by atoms with Gasteiger partial charge in [-0.25, -0.2) is 0 Å². The molecule has 0 spiro atoms. The molecule has 18 heavy (non-hydrogen) atoms. The molecule has 1 saturated heterocycles. The van der Waals surface area contributed by atoms with E-state index < -0.39 is 0 Å². The molecular formula is C13H24IN3O. The lowest BCUT2D eigenvalue weighted by Crippen LogP contribution is -2.39. The Balaban J connectivity index is 0.00000289. The molecule has 0 aromatic carbocycles. The second kappa shape index (κ2) is 9.45. The number of nitrogens with one attached hydrogen (secondary N) is 2. The van der Waals surface area contributed by atoms with E-state index in [-0.39, 0.29) is 29.6 Å². The number of halogens is 1. The number of nitrogens with zero attached hydrogens (tertiary/aromatic N) is 1. The fourth-order valence-electron chi connectivity index (χ4n) is 1.80. The average molecular weight is 365 g/mol. The lowest BCUT2D eigenvalue weighted by atomic mass is 10.0. The van der Waals surface area contributed by atoms with Gasteiger partial charge in [0, 0.05) is 26.1 Å². The summed E-state index contributed by atoms with van der Waals surface area (Å²) in [5.74, 6) is 3.42. The van der Waals surface area contributed by atoms with Crippen molar-refractivity contribution in [1.82, 2.24) is 10.6 Å². The molecule has 1 rings (SSSR count). The lowest BCUT2D eigenvalue weighted by molar-refractivity contribution is 0.0283. The number of ether oxygens (including phenoxy) is 1. The molecule has 0 saturated carbocycles. The van der Waals surface area contributed by atoms with Gasteiger partial charge >= 0.3 is 0 Å². The second-order valence-electron chi connectivity index (χ2n) is 4.48. The van der Waals surface area contributed by atoms with Crippen LogP contribution in [0, 0.1) is 12.3 Å². The Hall–Kier alpha value is -0.480. The molecule has 1 aliphatic heterocycles. The molecule has 0 aromatic heterocycles. The number of terminal acetylenes is 1. The molecule has 1 fully saturated rings. The summed E-state index contributed by atoms with van der Waals surface area (Å²) in [7, 11) is 0. The summed E-state index contributed by atoms with van der Waals surface area (Å²) in [5, 5.41) is 6.40. The summed E-state index contributed by atoms with van der Waals surface area (Å²) in [6.45, 7) is 7.31. The molecule has 0 amide bonds. The van der Waals surface area contributed by atoms with Gasteiger partial charge in [-0.2, -0.15) is 0 Å². The van der Waals surface area contributed by atoms with Crippen molar-refractivity contribution in [2.24, 2.45) is 4.99 Å². The van der Waals surface area contributed by atoms with Crippen LogP contribution >= 0.6 is 24.0 Å². The summed E-state index contributed by atoms with van der Waals surface area (Å²) in [4.78, 5) is 4.54. The van der Waals surface area contributed by atoms with Gasteiger partial charge in [0.25, 0.3) is 0 Å². The van der Waals surface area contributed by atoms with Gasteiger partial charge in [0.1, 0.15) is 0 Å². The average Bonchev–Trinajstić information content (AvgIpc) is 2.74. The molecule has 2 N–H and O–H groups in total. The van der Waals surface area contributed by atoms with Crippen LogP contribution in [-0.4, -0.2) is 37.8 Å². The van der Waals surface area contributed by atoms with Crippen molar-refractivity contribution < 1.29 is 4.74 Å². The van der Waals surface area contributed by atoms with Crippen molar-refractivity contribution in [3.63, 3.8) is 0 Å². The van der Waals surface area contributed by atoms with E-state index in [4.69, 9.17) is 11.2 Å². The minimum atomic E-state index is -0.0888. The van der Waals surface area contributed by atoms with Gasteiger partial charge in [-0.3, -0.25) is 4.99 Å². The van der Waals surface area contributed by atoms with Gasteiger partial charge < -0.3 is 15.4 Å². The van der Waals surface area contributed by atoms with Crippen LogP contribution in [0.4, 0.5) is 0 Å². The molecule has 0 aliphatic carbocycles. The number of aliphatic imine (C=N–C) groups is 1. The number of hydrogen-bond donors (Lipinski definition) is 2. The summed E-state index contributed by atoms with van der Waals surface area (Å²) < 4.78 is 5.70. The van der Waals surface area contributed by atoms with Gasteiger partial charge in [-0.05, 0) is 26.7 Å². The SMILES string of the molecule is C#CCCNC(=NCC1(C)CCCO1)NCC.I. The smallest absolute Gasteiger partial charge is 0.191 e. The molecule has 1 atom stereocenters. The Kier molecular flexibility index (Phi) is 9.20. The van der Waals surface area contributed by atoms with Crippen molar-refractivity contribution in [2.75, 3.05) is 26.2 Å². The van der Waals surface area contributed by atoms with Crippen LogP contribution in [0.5, 0.6) is 0 Å². The van der Waals surface area contributed by atoms with E-state index in [0.29, 0.717) is 13.0 Å². The Morgan fingerprint density at radius 2 is 2.28 bits per heavy atom. The number of rotatable bonds is 5. The third-order valence-electron chi connectivity index (χ3n) is 2.78. The molecule has 104 valence electrons. The first-order chi connectivity index (χ1) is 8.20. The largest absolute Gasteiger partial charge is 0.373 e. The first-order valence-electron chi connectivity index (χ1n) is 6.30. The number of hydrogen-bond acceptors (Lipinski definition) is 2. The molecule has 1 aliphatic rings. The third kappa shape index (κ3) is 6.45. The van der Waals surface area contributed by atoms with Crippen LogP contribution in [0.15, 0.2) is 4.99 Å². The Morgan fingerprint density at radius 1 is 1.50 bits per heavy atom. The minimum Gasteiger partial charge on any atom is -0.373 e. The van der Waals surface area contributed by atoms with Crippen molar-refractivity contribution in [3.05, 3.63) is 0 Å². The van der Waals surface area contributed by atoms with E-state index in [0.717, 1.165) is 38.5 Å². The van der Waals surface area contributed by atoms with Crippen LogP contribution in [-0.2, 0) is 4.74 Å². The van der Waals surface area contributed by atoms with Crippen molar-refractivity contribution >= 4 is 29.9 Å². The van der Waals surface area contributed by atoms with E-state index in [1.807, 2.05) is 6.92 Å². The predicted octanol–water partition coefficient (Wildman–Crippen LogP) is 1.75. The normalized spacial score (nSPS) is 23.1. The molecule has 1 unspecified atom stereocenters. The fraction of sp³-hybridized carbons (Fsp3) is 0.769. The van der Waals surface area contributed by atoms with E-state index >= 15 is 0 Å². The van der Waals surface area contributed by atoms with E-state index in [1.54, 1.807) is 0 Å².